The van der Waals surface area contributed by atoms with Crippen molar-refractivity contribution in [1.82, 2.24) is 0 Å². The molecule has 2 heterocycles. The van der Waals surface area contributed by atoms with Crippen LogP contribution < -0.4 is 5.43 Å². The van der Waals surface area contributed by atoms with E-state index in [0.717, 1.165) is 12.1 Å². The van der Waals surface area contributed by atoms with Crippen LogP contribution in [0.1, 0.15) is 11.7 Å². The number of aliphatic hydroxyl groups excluding tert-OH is 3. The lowest BCUT2D eigenvalue weighted by molar-refractivity contribution is -0.189. The highest BCUT2D eigenvalue weighted by Crippen LogP contribution is 2.42. The fourth-order valence-corrected chi connectivity index (χ4v) is 3.42. The van der Waals surface area contributed by atoms with Gasteiger partial charge in [-0.1, -0.05) is 0 Å². The van der Waals surface area contributed by atoms with E-state index in [1.165, 1.54) is 24.3 Å². The monoisotopic (exact) mass is 402 g/mol. The summed E-state index contributed by atoms with van der Waals surface area (Å²) in [5.41, 5.74) is -0.546. The van der Waals surface area contributed by atoms with Gasteiger partial charge in [0, 0.05) is 17.7 Å². The van der Waals surface area contributed by atoms with E-state index in [4.69, 9.17) is 9.15 Å². The first-order chi connectivity index (χ1) is 13.8. The SMILES string of the molecule is O=c1cc(-c2ccc(O)cc2)oc2c([C@H]3OC[C@@H](O)[C@H](O)[C@@H]3O)c(O)cc(O)c12. The minimum Gasteiger partial charge on any atom is -0.508 e. The lowest BCUT2D eigenvalue weighted by Gasteiger charge is -2.35. The zero-order valence-electron chi connectivity index (χ0n) is 14.9. The van der Waals surface area contributed by atoms with Gasteiger partial charge < -0.3 is 39.8 Å². The van der Waals surface area contributed by atoms with E-state index in [1.54, 1.807) is 0 Å². The van der Waals surface area contributed by atoms with Crippen LogP contribution in [0.4, 0.5) is 0 Å². The number of benzene rings is 2. The lowest BCUT2D eigenvalue weighted by Crippen LogP contribution is -2.49. The summed E-state index contributed by atoms with van der Waals surface area (Å²) in [4.78, 5) is 12.7. The molecule has 0 spiro atoms. The van der Waals surface area contributed by atoms with Gasteiger partial charge in [-0.05, 0) is 24.3 Å². The molecule has 0 bridgehead atoms. The molecule has 2 aromatic carbocycles. The average molecular weight is 402 g/mol. The molecule has 1 aromatic heterocycles. The van der Waals surface area contributed by atoms with Crippen LogP contribution in [0.5, 0.6) is 17.2 Å². The van der Waals surface area contributed by atoms with Crippen molar-refractivity contribution in [3.63, 3.8) is 0 Å². The van der Waals surface area contributed by atoms with Gasteiger partial charge in [-0.3, -0.25) is 4.79 Å². The molecule has 152 valence electrons. The number of aliphatic hydroxyl groups is 3. The molecular formula is C20H18O9. The van der Waals surface area contributed by atoms with Crippen LogP contribution >= 0.6 is 0 Å². The van der Waals surface area contributed by atoms with Gasteiger partial charge in [0.2, 0.25) is 0 Å². The normalized spacial score (nSPS) is 24.7. The zero-order chi connectivity index (χ0) is 20.9. The maximum Gasteiger partial charge on any atom is 0.197 e. The van der Waals surface area contributed by atoms with E-state index in [1.807, 2.05) is 0 Å². The fraction of sp³-hybridized carbons (Fsp3) is 0.250. The van der Waals surface area contributed by atoms with Crippen molar-refractivity contribution in [2.75, 3.05) is 6.61 Å². The predicted octanol–water partition coefficient (Wildman–Crippen LogP) is 0.731. The molecule has 1 saturated heterocycles. The van der Waals surface area contributed by atoms with E-state index in [0.29, 0.717) is 5.56 Å². The summed E-state index contributed by atoms with van der Waals surface area (Å²) in [5.74, 6) is -0.953. The largest absolute Gasteiger partial charge is 0.508 e. The van der Waals surface area contributed by atoms with Crippen LogP contribution in [0.15, 0.2) is 45.6 Å². The van der Waals surface area contributed by atoms with Crippen LogP contribution in [0, 0.1) is 0 Å². The molecular weight excluding hydrogens is 384 g/mol. The number of ether oxygens (including phenoxy) is 1. The second-order valence-electron chi connectivity index (χ2n) is 6.86. The number of phenols is 3. The highest BCUT2D eigenvalue weighted by atomic mass is 16.5. The third-order valence-corrected chi connectivity index (χ3v) is 4.94. The van der Waals surface area contributed by atoms with E-state index in [-0.39, 0.29) is 34.6 Å². The zero-order valence-corrected chi connectivity index (χ0v) is 14.9. The highest BCUT2D eigenvalue weighted by Gasteiger charge is 2.41. The van der Waals surface area contributed by atoms with Gasteiger partial charge in [-0.2, -0.15) is 0 Å². The second kappa shape index (κ2) is 7.05. The summed E-state index contributed by atoms with van der Waals surface area (Å²) in [5, 5.41) is 59.8. The van der Waals surface area contributed by atoms with Gasteiger partial charge in [0.15, 0.2) is 11.0 Å². The van der Waals surface area contributed by atoms with E-state index in [2.05, 4.69) is 0 Å². The number of rotatable bonds is 2. The van der Waals surface area contributed by atoms with Crippen molar-refractivity contribution in [2.45, 2.75) is 24.4 Å². The molecule has 1 aliphatic rings. The van der Waals surface area contributed by atoms with E-state index in [9.17, 15) is 35.4 Å². The molecule has 0 saturated carbocycles. The first-order valence-electron chi connectivity index (χ1n) is 8.76. The van der Waals surface area contributed by atoms with Crippen molar-refractivity contribution < 1.29 is 39.8 Å². The maximum absolute atomic E-state index is 12.7. The van der Waals surface area contributed by atoms with Gasteiger partial charge in [0.05, 0.1) is 12.2 Å². The van der Waals surface area contributed by atoms with E-state index < -0.39 is 41.3 Å². The molecule has 3 aromatic rings. The minimum atomic E-state index is -1.62. The number of phenolic OH excluding ortho intramolecular Hbond substituents is 3. The number of hydrogen-bond acceptors (Lipinski definition) is 9. The Morgan fingerprint density at radius 1 is 0.897 bits per heavy atom. The first-order valence-corrected chi connectivity index (χ1v) is 8.76. The molecule has 0 amide bonds. The topological polar surface area (TPSA) is 161 Å². The van der Waals surface area contributed by atoms with Crippen molar-refractivity contribution >= 4 is 11.0 Å². The Bertz CT molecular complexity index is 1120. The molecule has 9 heteroatoms. The Morgan fingerprint density at radius 2 is 1.59 bits per heavy atom. The van der Waals surface area contributed by atoms with Gasteiger partial charge >= 0.3 is 0 Å². The van der Waals surface area contributed by atoms with Crippen molar-refractivity contribution in [3.05, 3.63) is 52.2 Å². The molecule has 1 aliphatic heterocycles. The lowest BCUT2D eigenvalue weighted by atomic mass is 9.92. The molecule has 6 N–H and O–H groups in total. The molecule has 0 unspecified atom stereocenters. The third-order valence-electron chi connectivity index (χ3n) is 4.94. The van der Waals surface area contributed by atoms with Crippen LogP contribution in [0.2, 0.25) is 0 Å². The Balaban J connectivity index is 1.97. The first kappa shape index (κ1) is 19.2. The summed E-state index contributed by atoms with van der Waals surface area (Å²) in [6.07, 6.45) is -5.83. The van der Waals surface area contributed by atoms with Crippen molar-refractivity contribution in [3.8, 4) is 28.6 Å². The standard InChI is InChI=1S/C20H18O9/c21-9-3-1-8(2-4-9)14-6-12(24)15-10(22)5-11(23)16(19(15)29-14)20-18(27)17(26)13(25)7-28-20/h1-6,13,17-18,20-23,25-27H,7H2/t13-,17+,18+,20-/m1/s1. The molecule has 1 fully saturated rings. The van der Waals surface area contributed by atoms with Crippen LogP contribution in [0.25, 0.3) is 22.3 Å². The summed E-state index contributed by atoms with van der Waals surface area (Å²) in [6, 6.07) is 7.87. The van der Waals surface area contributed by atoms with Gasteiger partial charge in [-0.15, -0.1) is 0 Å². The van der Waals surface area contributed by atoms with Crippen LogP contribution in [-0.4, -0.2) is 55.6 Å². The van der Waals surface area contributed by atoms with Crippen molar-refractivity contribution in [2.24, 2.45) is 0 Å². The summed E-state index contributed by atoms with van der Waals surface area (Å²) < 4.78 is 11.2. The van der Waals surface area contributed by atoms with Crippen LogP contribution in [-0.2, 0) is 4.74 Å². The quantitative estimate of drug-likeness (QED) is 0.363. The highest BCUT2D eigenvalue weighted by molar-refractivity contribution is 5.89. The maximum atomic E-state index is 12.7. The summed E-state index contributed by atoms with van der Waals surface area (Å²) in [6.45, 7) is -0.327. The third kappa shape index (κ3) is 3.19. The Morgan fingerprint density at radius 3 is 2.28 bits per heavy atom. The summed E-state index contributed by atoms with van der Waals surface area (Å²) in [7, 11) is 0. The number of aromatic hydroxyl groups is 3. The second-order valence-corrected chi connectivity index (χ2v) is 6.86. The predicted molar refractivity (Wildman–Crippen MR) is 99.6 cm³/mol. The molecule has 9 nitrogen and oxygen atoms in total. The Kier molecular flexibility index (Phi) is 4.67. The number of fused-ring (bicyclic) bond motifs is 1. The molecule has 0 radical (unpaired) electrons. The average Bonchev–Trinajstić information content (AvgIpc) is 2.67. The van der Waals surface area contributed by atoms with Crippen LogP contribution in [0.3, 0.4) is 0 Å². The smallest absolute Gasteiger partial charge is 0.197 e. The molecule has 0 aliphatic carbocycles. The number of hydrogen-bond donors (Lipinski definition) is 6. The van der Waals surface area contributed by atoms with E-state index >= 15 is 0 Å². The Labute approximate surface area is 163 Å². The molecule has 4 rings (SSSR count). The molecule has 29 heavy (non-hydrogen) atoms. The van der Waals surface area contributed by atoms with Gasteiger partial charge in [0.25, 0.3) is 0 Å². The fourth-order valence-electron chi connectivity index (χ4n) is 3.42. The minimum absolute atomic E-state index is 0.0131. The molecule has 4 atom stereocenters. The Hall–Kier alpha value is -3.11. The van der Waals surface area contributed by atoms with Gasteiger partial charge in [0.1, 0.15) is 52.8 Å². The van der Waals surface area contributed by atoms with Gasteiger partial charge in [-0.25, -0.2) is 0 Å². The summed E-state index contributed by atoms with van der Waals surface area (Å²) >= 11 is 0. The van der Waals surface area contributed by atoms with Crippen molar-refractivity contribution in [1.29, 1.82) is 0 Å².